The van der Waals surface area contributed by atoms with Crippen molar-refractivity contribution >= 4 is 43.0 Å². The number of nitriles is 1. The molecule has 0 atom stereocenters. The highest BCUT2D eigenvalue weighted by Gasteiger charge is 2.35. The van der Waals surface area contributed by atoms with Gasteiger partial charge in [-0.3, -0.25) is 4.98 Å². The van der Waals surface area contributed by atoms with E-state index in [4.69, 9.17) is 10.00 Å². The molecular formula is C21H13F3N4O3S2. The number of nitrogens with zero attached hydrogens (tertiary/aromatic N) is 4. The van der Waals surface area contributed by atoms with Crippen LogP contribution in [0.1, 0.15) is 11.3 Å². The zero-order valence-corrected chi connectivity index (χ0v) is 18.4. The van der Waals surface area contributed by atoms with Crippen molar-refractivity contribution in [2.45, 2.75) is 11.1 Å². The average Bonchev–Trinajstić information content (AvgIpc) is 3.26. The second-order valence-electron chi connectivity index (χ2n) is 6.67. The van der Waals surface area contributed by atoms with Crippen LogP contribution in [0.25, 0.3) is 10.8 Å². The molecule has 2 aromatic carbocycles. The Morgan fingerprint density at radius 2 is 1.91 bits per heavy atom. The maximum atomic E-state index is 13.7. The van der Waals surface area contributed by atoms with Gasteiger partial charge in [0.25, 0.3) is 10.0 Å². The van der Waals surface area contributed by atoms with Gasteiger partial charge in [-0.2, -0.15) is 18.4 Å². The molecule has 4 aromatic rings. The van der Waals surface area contributed by atoms with Gasteiger partial charge in [-0.25, -0.2) is 17.7 Å². The van der Waals surface area contributed by atoms with Crippen molar-refractivity contribution in [2.75, 3.05) is 11.4 Å². The molecule has 33 heavy (non-hydrogen) atoms. The van der Waals surface area contributed by atoms with Crippen molar-refractivity contribution in [1.82, 2.24) is 9.97 Å². The van der Waals surface area contributed by atoms with Crippen LogP contribution in [0.4, 0.5) is 24.0 Å². The number of ether oxygens (including phenoxy) is 1. The summed E-state index contributed by atoms with van der Waals surface area (Å²) in [5, 5.41) is 11.7. The maximum absolute atomic E-state index is 13.7. The number of pyridine rings is 1. The van der Waals surface area contributed by atoms with Crippen LogP contribution in [0.5, 0.6) is 5.75 Å². The molecule has 0 unspecified atom stereocenters. The number of rotatable bonds is 5. The van der Waals surface area contributed by atoms with Gasteiger partial charge in [-0.05, 0) is 41.8 Å². The highest BCUT2D eigenvalue weighted by atomic mass is 32.2. The van der Waals surface area contributed by atoms with Crippen LogP contribution in [0.2, 0.25) is 0 Å². The summed E-state index contributed by atoms with van der Waals surface area (Å²) in [6.07, 6.45) is -1.57. The Kier molecular flexibility index (Phi) is 5.69. The summed E-state index contributed by atoms with van der Waals surface area (Å²) in [6.45, 7) is 0. The normalized spacial score (nSPS) is 11.8. The Balaban J connectivity index is 1.95. The first-order valence-corrected chi connectivity index (χ1v) is 11.5. The zero-order chi connectivity index (χ0) is 23.8. The summed E-state index contributed by atoms with van der Waals surface area (Å²) < 4.78 is 73.0. The molecule has 7 nitrogen and oxygen atoms in total. The second kappa shape index (κ2) is 8.34. The standard InChI is InChI=1S/C21H13F3N4O3S2/c1-31-19-9-15(21(22,23)24)3-5-18(19)28(20-27-16(10-25)12-32-20)33(29,30)17-4-2-14-11-26-7-6-13(14)8-17/h2-9,11-12H,1H3. The van der Waals surface area contributed by atoms with Crippen molar-refractivity contribution < 1.29 is 26.3 Å². The van der Waals surface area contributed by atoms with Crippen LogP contribution in [0, 0.1) is 11.3 Å². The minimum Gasteiger partial charge on any atom is -0.495 e. The predicted octanol–water partition coefficient (Wildman–Crippen LogP) is 5.12. The molecule has 0 radical (unpaired) electrons. The predicted molar refractivity (Wildman–Crippen MR) is 116 cm³/mol. The molecule has 0 aliphatic carbocycles. The fourth-order valence-electron chi connectivity index (χ4n) is 3.09. The van der Waals surface area contributed by atoms with Crippen LogP contribution in [0.3, 0.4) is 0 Å². The summed E-state index contributed by atoms with van der Waals surface area (Å²) in [5.41, 5.74) is -1.22. The van der Waals surface area contributed by atoms with Crippen molar-refractivity contribution in [1.29, 1.82) is 5.26 Å². The number of sulfonamides is 1. The van der Waals surface area contributed by atoms with E-state index >= 15 is 0 Å². The van der Waals surface area contributed by atoms with Gasteiger partial charge < -0.3 is 4.74 Å². The van der Waals surface area contributed by atoms with Crippen LogP contribution < -0.4 is 9.04 Å². The molecule has 0 saturated heterocycles. The summed E-state index contributed by atoms with van der Waals surface area (Å²) in [6, 6.07) is 10.3. The Morgan fingerprint density at radius 1 is 1.12 bits per heavy atom. The van der Waals surface area contributed by atoms with Crippen LogP contribution >= 0.6 is 11.3 Å². The highest BCUT2D eigenvalue weighted by molar-refractivity contribution is 7.93. The fraction of sp³-hybridized carbons (Fsp3) is 0.0952. The number of anilines is 2. The van der Waals surface area contributed by atoms with Crippen molar-refractivity contribution in [3.8, 4) is 11.8 Å². The third kappa shape index (κ3) is 4.20. The number of fused-ring (bicyclic) bond motifs is 1. The first kappa shape index (κ1) is 22.5. The van der Waals surface area contributed by atoms with Gasteiger partial charge >= 0.3 is 6.18 Å². The molecule has 2 aromatic heterocycles. The van der Waals surface area contributed by atoms with E-state index in [9.17, 15) is 21.6 Å². The molecule has 168 valence electrons. The van der Waals surface area contributed by atoms with Crippen LogP contribution in [-0.4, -0.2) is 25.5 Å². The van der Waals surface area contributed by atoms with Gasteiger partial charge in [-0.15, -0.1) is 11.3 Å². The van der Waals surface area contributed by atoms with Crippen LogP contribution in [0.15, 0.2) is 65.1 Å². The Hall–Kier alpha value is -3.69. The van der Waals surface area contributed by atoms with E-state index in [-0.39, 0.29) is 27.2 Å². The minimum atomic E-state index is -4.66. The minimum absolute atomic E-state index is 0.0364. The van der Waals surface area contributed by atoms with Crippen LogP contribution in [-0.2, 0) is 16.2 Å². The number of methoxy groups -OCH3 is 1. The third-order valence-electron chi connectivity index (χ3n) is 4.66. The molecule has 0 aliphatic rings. The molecule has 2 heterocycles. The lowest BCUT2D eigenvalue weighted by Gasteiger charge is -2.24. The van der Waals surface area contributed by atoms with E-state index in [2.05, 4.69) is 9.97 Å². The Labute approximate surface area is 190 Å². The lowest BCUT2D eigenvalue weighted by molar-refractivity contribution is -0.137. The number of alkyl halides is 3. The van der Waals surface area contributed by atoms with Crippen molar-refractivity contribution in [3.63, 3.8) is 0 Å². The summed E-state index contributed by atoms with van der Waals surface area (Å²) in [4.78, 5) is 7.89. The zero-order valence-electron chi connectivity index (χ0n) is 16.7. The lowest BCUT2D eigenvalue weighted by atomic mass is 10.2. The molecule has 12 heteroatoms. The quantitative estimate of drug-likeness (QED) is 0.385. The van der Waals surface area contributed by atoms with E-state index in [1.165, 1.54) is 23.7 Å². The van der Waals surface area contributed by atoms with Gasteiger partial charge in [0, 0.05) is 23.2 Å². The number of thiazole rings is 1. The van der Waals surface area contributed by atoms with E-state index in [0.29, 0.717) is 16.8 Å². The van der Waals surface area contributed by atoms with Crippen molar-refractivity contribution in [3.05, 3.63) is 71.5 Å². The van der Waals surface area contributed by atoms with Gasteiger partial charge in [-0.1, -0.05) is 6.07 Å². The molecule has 0 fully saturated rings. The SMILES string of the molecule is COc1cc(C(F)(F)F)ccc1N(c1nc(C#N)cs1)S(=O)(=O)c1ccc2cnccc2c1. The maximum Gasteiger partial charge on any atom is 0.416 e. The molecule has 0 N–H and O–H groups in total. The van der Waals surface area contributed by atoms with E-state index in [1.54, 1.807) is 18.3 Å². The molecule has 0 bridgehead atoms. The highest BCUT2D eigenvalue weighted by Crippen LogP contribution is 2.42. The second-order valence-corrected chi connectivity index (χ2v) is 9.29. The summed E-state index contributed by atoms with van der Waals surface area (Å²) in [5.74, 6) is -0.327. The number of hydrogen-bond acceptors (Lipinski definition) is 7. The smallest absolute Gasteiger partial charge is 0.416 e. The van der Waals surface area contributed by atoms with Gasteiger partial charge in [0.1, 0.15) is 17.5 Å². The van der Waals surface area contributed by atoms with E-state index in [1.807, 2.05) is 6.07 Å². The molecule has 0 aliphatic heterocycles. The lowest BCUT2D eigenvalue weighted by Crippen LogP contribution is -2.27. The monoisotopic (exact) mass is 490 g/mol. The number of aromatic nitrogens is 2. The van der Waals surface area contributed by atoms with E-state index in [0.717, 1.165) is 34.9 Å². The Bertz CT molecular complexity index is 1490. The third-order valence-corrected chi connectivity index (χ3v) is 7.30. The largest absolute Gasteiger partial charge is 0.495 e. The summed E-state index contributed by atoms with van der Waals surface area (Å²) in [7, 11) is -3.25. The number of hydrogen-bond donors (Lipinski definition) is 0. The average molecular weight is 490 g/mol. The van der Waals surface area contributed by atoms with Crippen molar-refractivity contribution in [2.24, 2.45) is 0 Å². The fourth-order valence-corrected chi connectivity index (χ4v) is 5.57. The molecule has 4 rings (SSSR count). The molecular weight excluding hydrogens is 477 g/mol. The first-order valence-electron chi connectivity index (χ1n) is 9.15. The molecule has 0 saturated carbocycles. The van der Waals surface area contributed by atoms with E-state index < -0.39 is 21.8 Å². The topological polar surface area (TPSA) is 96.2 Å². The van der Waals surface area contributed by atoms with Gasteiger partial charge in [0.2, 0.25) is 5.13 Å². The van der Waals surface area contributed by atoms with Gasteiger partial charge in [0.05, 0.1) is 17.6 Å². The number of halogens is 3. The summed E-state index contributed by atoms with van der Waals surface area (Å²) >= 11 is 0.857. The number of benzene rings is 2. The molecule has 0 spiro atoms. The molecule has 0 amide bonds. The first-order chi connectivity index (χ1) is 15.6. The Morgan fingerprint density at radius 3 is 2.58 bits per heavy atom. The van der Waals surface area contributed by atoms with Gasteiger partial charge in [0.15, 0.2) is 5.69 Å².